The molecule has 0 fully saturated rings. The van der Waals surface area contributed by atoms with Crippen molar-refractivity contribution < 1.29 is 14.0 Å². The van der Waals surface area contributed by atoms with Crippen molar-refractivity contribution >= 4 is 11.8 Å². The maximum atomic E-state index is 14.3. The molecule has 0 saturated heterocycles. The van der Waals surface area contributed by atoms with Crippen LogP contribution in [-0.4, -0.2) is 50.4 Å². The minimum atomic E-state index is -0.544. The lowest BCUT2D eigenvalue weighted by Crippen LogP contribution is -2.41. The van der Waals surface area contributed by atoms with E-state index < -0.39 is 11.7 Å². The molecule has 0 unspecified atom stereocenters. The summed E-state index contributed by atoms with van der Waals surface area (Å²) in [7, 11) is 5.33. The number of likely N-dealkylation sites (N-methyl/N-ethyl adjacent to an activating group) is 1. The Bertz CT molecular complexity index is 970. The fourth-order valence-electron chi connectivity index (χ4n) is 3.72. The summed E-state index contributed by atoms with van der Waals surface area (Å²) in [6.07, 6.45) is 0.554. The number of carbonyl (C=O) groups excluding carboxylic acids is 2. The van der Waals surface area contributed by atoms with Crippen LogP contribution in [0.3, 0.4) is 0 Å². The average Bonchev–Trinajstić information content (AvgIpc) is 3.41. The van der Waals surface area contributed by atoms with Crippen LogP contribution in [0.5, 0.6) is 0 Å². The first-order chi connectivity index (χ1) is 14.3. The number of allylic oxidation sites excluding steroid dienone is 1. The van der Waals surface area contributed by atoms with Crippen LogP contribution < -0.4 is 10.6 Å². The van der Waals surface area contributed by atoms with E-state index in [9.17, 15) is 14.0 Å². The highest BCUT2D eigenvalue weighted by Gasteiger charge is 2.39. The van der Waals surface area contributed by atoms with Gasteiger partial charge in [-0.1, -0.05) is 42.0 Å². The molecule has 0 spiro atoms. The van der Waals surface area contributed by atoms with Gasteiger partial charge in [0.05, 0.1) is 5.56 Å². The van der Waals surface area contributed by atoms with Crippen molar-refractivity contribution in [2.24, 2.45) is 0 Å². The van der Waals surface area contributed by atoms with E-state index in [1.807, 2.05) is 56.3 Å². The van der Waals surface area contributed by atoms with Gasteiger partial charge in [-0.05, 0) is 50.7 Å². The van der Waals surface area contributed by atoms with Gasteiger partial charge in [0.25, 0.3) is 5.91 Å². The highest BCUT2D eigenvalue weighted by Crippen LogP contribution is 2.47. The molecular formula is C24H28FN3O2. The number of nitrogens with zero attached hydrogens (tertiary/aromatic N) is 1. The quantitative estimate of drug-likeness (QED) is 0.705. The average molecular weight is 410 g/mol. The lowest BCUT2D eigenvalue weighted by atomic mass is 10.0. The van der Waals surface area contributed by atoms with Crippen LogP contribution in [0.15, 0.2) is 59.7 Å². The molecule has 0 radical (unpaired) electrons. The summed E-state index contributed by atoms with van der Waals surface area (Å²) in [4.78, 5) is 26.4. The predicted octanol–water partition coefficient (Wildman–Crippen LogP) is 2.89. The van der Waals surface area contributed by atoms with Gasteiger partial charge in [0.15, 0.2) is 0 Å². The molecule has 1 aliphatic rings. The van der Waals surface area contributed by atoms with Crippen LogP contribution in [0.2, 0.25) is 0 Å². The molecule has 2 N–H and O–H groups in total. The van der Waals surface area contributed by atoms with E-state index in [1.165, 1.54) is 19.2 Å². The van der Waals surface area contributed by atoms with E-state index in [4.69, 9.17) is 0 Å². The molecule has 0 saturated carbocycles. The first-order valence-electron chi connectivity index (χ1n) is 10.0. The molecule has 1 aliphatic carbocycles. The van der Waals surface area contributed by atoms with Gasteiger partial charge in [-0.3, -0.25) is 9.59 Å². The Morgan fingerprint density at radius 1 is 1.10 bits per heavy atom. The SMILES string of the molecule is CNC(=O)c1ccc(C[C@@H](CNC(=O)C2=C(C)[C@H]2c2ccccc2)N(C)C)cc1F. The number of hydrogen-bond acceptors (Lipinski definition) is 3. The molecule has 0 bridgehead atoms. The standard InChI is InChI=1S/C24H28FN3O2/c1-15-21(17-8-6-5-7-9-17)22(15)24(30)27-14-18(28(3)4)12-16-10-11-19(20(25)13-16)23(29)26-2/h5-11,13,18,21H,12,14H2,1-4H3,(H,26,29)(H,27,30)/t18-,21-/m0/s1. The second-order valence-electron chi connectivity index (χ2n) is 7.87. The molecule has 0 heterocycles. The third kappa shape index (κ3) is 4.76. The summed E-state index contributed by atoms with van der Waals surface area (Å²) in [5.41, 5.74) is 3.87. The zero-order valence-corrected chi connectivity index (χ0v) is 17.8. The van der Waals surface area contributed by atoms with Gasteiger partial charge in [0.1, 0.15) is 5.82 Å². The molecule has 30 heavy (non-hydrogen) atoms. The Labute approximate surface area is 177 Å². The number of halogens is 1. The lowest BCUT2D eigenvalue weighted by Gasteiger charge is -2.25. The molecule has 2 aromatic rings. The number of benzene rings is 2. The highest BCUT2D eigenvalue weighted by molar-refractivity contribution is 6.02. The van der Waals surface area contributed by atoms with Crippen molar-refractivity contribution in [1.82, 2.24) is 15.5 Å². The van der Waals surface area contributed by atoms with Crippen LogP contribution >= 0.6 is 0 Å². The number of amides is 2. The molecule has 3 rings (SSSR count). The Morgan fingerprint density at radius 2 is 1.80 bits per heavy atom. The van der Waals surface area contributed by atoms with Gasteiger partial charge in [0.2, 0.25) is 5.91 Å². The van der Waals surface area contributed by atoms with Crippen molar-refractivity contribution in [3.05, 3.63) is 82.2 Å². The number of hydrogen-bond donors (Lipinski definition) is 2. The van der Waals surface area contributed by atoms with Crippen LogP contribution in [0, 0.1) is 5.82 Å². The van der Waals surface area contributed by atoms with Gasteiger partial charge in [-0.2, -0.15) is 0 Å². The first-order valence-corrected chi connectivity index (χ1v) is 10.0. The van der Waals surface area contributed by atoms with Crippen molar-refractivity contribution in [2.75, 3.05) is 27.7 Å². The maximum absolute atomic E-state index is 14.3. The van der Waals surface area contributed by atoms with Gasteiger partial charge in [-0.25, -0.2) is 4.39 Å². The summed E-state index contributed by atoms with van der Waals surface area (Å²) in [5.74, 6) is -0.931. The maximum Gasteiger partial charge on any atom is 0.253 e. The molecule has 158 valence electrons. The van der Waals surface area contributed by atoms with E-state index in [0.29, 0.717) is 13.0 Å². The largest absolute Gasteiger partial charge is 0.355 e. The fraction of sp³-hybridized carbons (Fsp3) is 0.333. The summed E-state index contributed by atoms with van der Waals surface area (Å²) in [6.45, 7) is 2.44. The molecule has 2 aromatic carbocycles. The second-order valence-corrected chi connectivity index (χ2v) is 7.87. The van der Waals surface area contributed by atoms with E-state index >= 15 is 0 Å². The summed E-state index contributed by atoms with van der Waals surface area (Å²) in [6, 6.07) is 14.6. The molecule has 0 aromatic heterocycles. The molecule has 2 amide bonds. The monoisotopic (exact) mass is 409 g/mol. The molecule has 0 aliphatic heterocycles. The van der Waals surface area contributed by atoms with Gasteiger partial charge >= 0.3 is 0 Å². The van der Waals surface area contributed by atoms with Gasteiger partial charge in [0, 0.05) is 31.1 Å². The van der Waals surface area contributed by atoms with Crippen LogP contribution in [0.25, 0.3) is 0 Å². The summed E-state index contributed by atoms with van der Waals surface area (Å²) in [5, 5.41) is 5.46. The first kappa shape index (κ1) is 21.7. The van der Waals surface area contributed by atoms with E-state index in [1.54, 1.807) is 6.07 Å². The smallest absolute Gasteiger partial charge is 0.253 e. The highest BCUT2D eigenvalue weighted by atomic mass is 19.1. The Morgan fingerprint density at radius 3 is 2.40 bits per heavy atom. The van der Waals surface area contributed by atoms with E-state index in [0.717, 1.165) is 22.3 Å². The topological polar surface area (TPSA) is 61.4 Å². The molecule has 6 heteroatoms. The molecule has 5 nitrogen and oxygen atoms in total. The second kappa shape index (κ2) is 9.22. The zero-order valence-electron chi connectivity index (χ0n) is 17.8. The number of rotatable bonds is 8. The van der Waals surface area contributed by atoms with Crippen molar-refractivity contribution in [3.8, 4) is 0 Å². The Kier molecular flexibility index (Phi) is 6.67. The minimum absolute atomic E-state index is 0.00552. The fourth-order valence-corrected chi connectivity index (χ4v) is 3.72. The lowest BCUT2D eigenvalue weighted by molar-refractivity contribution is -0.117. The normalized spacial score (nSPS) is 16.4. The molecule has 2 atom stereocenters. The van der Waals surface area contributed by atoms with Gasteiger partial charge < -0.3 is 15.5 Å². The minimum Gasteiger partial charge on any atom is -0.355 e. The Hall–Kier alpha value is -2.99. The third-order valence-electron chi connectivity index (χ3n) is 5.65. The van der Waals surface area contributed by atoms with E-state index in [-0.39, 0.29) is 23.4 Å². The predicted molar refractivity (Wildman–Crippen MR) is 116 cm³/mol. The summed E-state index contributed by atoms with van der Waals surface area (Å²) < 4.78 is 14.3. The van der Waals surface area contributed by atoms with Crippen molar-refractivity contribution in [2.45, 2.75) is 25.3 Å². The van der Waals surface area contributed by atoms with Crippen LogP contribution in [0.4, 0.5) is 4.39 Å². The van der Waals surface area contributed by atoms with Crippen LogP contribution in [0.1, 0.15) is 34.3 Å². The number of nitrogens with one attached hydrogen (secondary N) is 2. The molecular weight excluding hydrogens is 381 g/mol. The van der Waals surface area contributed by atoms with Crippen molar-refractivity contribution in [3.63, 3.8) is 0 Å². The van der Waals surface area contributed by atoms with E-state index in [2.05, 4.69) is 10.6 Å². The zero-order chi connectivity index (χ0) is 21.8. The van der Waals surface area contributed by atoms with Crippen molar-refractivity contribution in [1.29, 1.82) is 0 Å². The van der Waals surface area contributed by atoms with Crippen LogP contribution in [-0.2, 0) is 11.2 Å². The number of carbonyl (C=O) groups is 2. The third-order valence-corrected chi connectivity index (χ3v) is 5.65. The van der Waals surface area contributed by atoms with Gasteiger partial charge in [-0.15, -0.1) is 0 Å². The summed E-state index contributed by atoms with van der Waals surface area (Å²) >= 11 is 0. The Balaban J connectivity index is 1.61.